The highest BCUT2D eigenvalue weighted by molar-refractivity contribution is 5.92. The number of nitrogens with zero attached hydrogens (tertiary/aromatic N) is 3. The number of alkyl halides is 3. The van der Waals surface area contributed by atoms with Gasteiger partial charge in [-0.2, -0.15) is 13.2 Å². The van der Waals surface area contributed by atoms with Crippen molar-refractivity contribution in [2.24, 2.45) is 5.92 Å². The number of piperidine rings is 1. The SMILES string of the molecule is O=C(Nc1ccc(OCC(F)(F)F)cc1)C1CCN(c2cnccn2)CC1. The maximum Gasteiger partial charge on any atom is 0.422 e. The predicted molar refractivity (Wildman–Crippen MR) is 93.6 cm³/mol. The molecular weight excluding hydrogens is 361 g/mol. The molecule has 0 saturated carbocycles. The van der Waals surface area contributed by atoms with Gasteiger partial charge in [0.15, 0.2) is 6.61 Å². The topological polar surface area (TPSA) is 67.3 Å². The van der Waals surface area contributed by atoms with Crippen LogP contribution in [0.25, 0.3) is 0 Å². The Morgan fingerprint density at radius 2 is 1.89 bits per heavy atom. The van der Waals surface area contributed by atoms with E-state index in [4.69, 9.17) is 0 Å². The first-order valence-corrected chi connectivity index (χ1v) is 8.52. The molecule has 6 nitrogen and oxygen atoms in total. The van der Waals surface area contributed by atoms with Gasteiger partial charge in [0, 0.05) is 37.1 Å². The molecule has 0 radical (unpaired) electrons. The Balaban J connectivity index is 1.48. The van der Waals surface area contributed by atoms with Crippen LogP contribution in [0.4, 0.5) is 24.7 Å². The smallest absolute Gasteiger partial charge is 0.422 e. The molecule has 1 aliphatic rings. The summed E-state index contributed by atoms with van der Waals surface area (Å²) in [7, 11) is 0. The quantitative estimate of drug-likeness (QED) is 0.862. The van der Waals surface area contributed by atoms with Gasteiger partial charge in [-0.15, -0.1) is 0 Å². The standard InChI is InChI=1S/C18H19F3N4O2/c19-18(20,21)12-27-15-3-1-14(2-4-15)24-17(26)13-5-9-25(10-6-13)16-11-22-7-8-23-16/h1-4,7-8,11,13H,5-6,9-10,12H2,(H,24,26). The van der Waals surface area contributed by atoms with Crippen LogP contribution in [0.5, 0.6) is 5.75 Å². The molecule has 1 N–H and O–H groups in total. The number of carbonyl (C=O) groups excluding carboxylic acids is 1. The van der Waals surface area contributed by atoms with Gasteiger partial charge in [-0.05, 0) is 37.1 Å². The van der Waals surface area contributed by atoms with Crippen LogP contribution in [0, 0.1) is 5.92 Å². The number of rotatable bonds is 5. The second kappa shape index (κ2) is 8.24. The number of aromatic nitrogens is 2. The lowest BCUT2D eigenvalue weighted by Gasteiger charge is -2.31. The number of halogens is 3. The zero-order valence-electron chi connectivity index (χ0n) is 14.4. The van der Waals surface area contributed by atoms with E-state index < -0.39 is 12.8 Å². The third-order valence-corrected chi connectivity index (χ3v) is 4.26. The van der Waals surface area contributed by atoms with Gasteiger partial charge in [0.25, 0.3) is 0 Å². The summed E-state index contributed by atoms with van der Waals surface area (Å²) in [5.41, 5.74) is 0.524. The van der Waals surface area contributed by atoms with Crippen molar-refractivity contribution in [3.05, 3.63) is 42.9 Å². The molecular formula is C18H19F3N4O2. The van der Waals surface area contributed by atoms with Crippen molar-refractivity contribution in [2.45, 2.75) is 19.0 Å². The van der Waals surface area contributed by atoms with Crippen LogP contribution in [-0.2, 0) is 4.79 Å². The van der Waals surface area contributed by atoms with E-state index in [1.54, 1.807) is 18.6 Å². The first-order valence-electron chi connectivity index (χ1n) is 8.52. The Labute approximate surface area is 154 Å². The van der Waals surface area contributed by atoms with E-state index in [-0.39, 0.29) is 17.6 Å². The Bertz CT molecular complexity index is 745. The molecule has 0 bridgehead atoms. The van der Waals surface area contributed by atoms with E-state index in [1.165, 1.54) is 24.3 Å². The number of hydrogen-bond acceptors (Lipinski definition) is 5. The van der Waals surface area contributed by atoms with Gasteiger partial charge in [-0.3, -0.25) is 9.78 Å². The first-order chi connectivity index (χ1) is 12.9. The zero-order chi connectivity index (χ0) is 19.3. The number of ether oxygens (including phenoxy) is 1. The molecule has 9 heteroatoms. The number of hydrogen-bond donors (Lipinski definition) is 1. The van der Waals surface area contributed by atoms with Gasteiger partial charge in [-0.1, -0.05) is 0 Å². The van der Waals surface area contributed by atoms with Crippen molar-refractivity contribution in [1.82, 2.24) is 9.97 Å². The highest BCUT2D eigenvalue weighted by atomic mass is 19.4. The largest absolute Gasteiger partial charge is 0.484 e. The van der Waals surface area contributed by atoms with Gasteiger partial charge in [-0.25, -0.2) is 4.98 Å². The monoisotopic (exact) mass is 380 g/mol. The van der Waals surface area contributed by atoms with Gasteiger partial charge in [0.05, 0.1) is 6.20 Å². The van der Waals surface area contributed by atoms with Crippen LogP contribution in [0.3, 0.4) is 0 Å². The fraction of sp³-hybridized carbons (Fsp3) is 0.389. The van der Waals surface area contributed by atoms with Crippen LogP contribution in [0.2, 0.25) is 0 Å². The lowest BCUT2D eigenvalue weighted by molar-refractivity contribution is -0.153. The van der Waals surface area contributed by atoms with Crippen molar-refractivity contribution in [2.75, 3.05) is 29.9 Å². The minimum absolute atomic E-state index is 0.0993. The molecule has 2 heterocycles. The summed E-state index contributed by atoms with van der Waals surface area (Å²) in [6, 6.07) is 5.85. The Morgan fingerprint density at radius 1 is 1.19 bits per heavy atom. The maximum atomic E-state index is 12.4. The fourth-order valence-electron chi connectivity index (χ4n) is 2.87. The lowest BCUT2D eigenvalue weighted by atomic mass is 9.96. The molecule has 0 unspecified atom stereocenters. The minimum atomic E-state index is -4.38. The van der Waals surface area contributed by atoms with E-state index in [0.717, 1.165) is 5.82 Å². The summed E-state index contributed by atoms with van der Waals surface area (Å²) in [4.78, 5) is 22.8. The van der Waals surface area contributed by atoms with Crippen LogP contribution < -0.4 is 15.0 Å². The third kappa shape index (κ3) is 5.57. The van der Waals surface area contributed by atoms with Crippen LogP contribution in [-0.4, -0.2) is 41.7 Å². The van der Waals surface area contributed by atoms with Crippen LogP contribution in [0.1, 0.15) is 12.8 Å². The molecule has 0 aliphatic carbocycles. The van der Waals surface area contributed by atoms with E-state index in [2.05, 4.69) is 24.9 Å². The predicted octanol–water partition coefficient (Wildman–Crippen LogP) is 3.27. The van der Waals surface area contributed by atoms with Crippen molar-refractivity contribution in [3.63, 3.8) is 0 Å². The van der Waals surface area contributed by atoms with Gasteiger partial charge < -0.3 is 15.0 Å². The average molecular weight is 380 g/mol. The van der Waals surface area contributed by atoms with Gasteiger partial charge in [0.1, 0.15) is 11.6 Å². The van der Waals surface area contributed by atoms with E-state index >= 15 is 0 Å². The maximum absolute atomic E-state index is 12.4. The van der Waals surface area contributed by atoms with Crippen molar-refractivity contribution >= 4 is 17.4 Å². The number of amides is 1. The second-order valence-corrected chi connectivity index (χ2v) is 6.24. The molecule has 27 heavy (non-hydrogen) atoms. The minimum Gasteiger partial charge on any atom is -0.484 e. The number of carbonyl (C=O) groups is 1. The van der Waals surface area contributed by atoms with Gasteiger partial charge in [0.2, 0.25) is 5.91 Å². The number of anilines is 2. The average Bonchev–Trinajstić information content (AvgIpc) is 2.68. The Kier molecular flexibility index (Phi) is 5.78. The summed E-state index contributed by atoms with van der Waals surface area (Å²) in [6.45, 7) is 0.0745. The third-order valence-electron chi connectivity index (χ3n) is 4.26. The van der Waals surface area contributed by atoms with E-state index in [9.17, 15) is 18.0 Å². The molecule has 0 atom stereocenters. The molecule has 1 fully saturated rings. The molecule has 0 spiro atoms. The fourth-order valence-corrected chi connectivity index (χ4v) is 2.87. The van der Waals surface area contributed by atoms with Crippen molar-refractivity contribution in [1.29, 1.82) is 0 Å². The lowest BCUT2D eigenvalue weighted by Crippen LogP contribution is -2.38. The molecule has 1 aromatic carbocycles. The zero-order valence-corrected chi connectivity index (χ0v) is 14.4. The summed E-state index contributed by atoms with van der Waals surface area (Å²) < 4.78 is 41.1. The summed E-state index contributed by atoms with van der Waals surface area (Å²) >= 11 is 0. The summed E-state index contributed by atoms with van der Waals surface area (Å²) in [5, 5.41) is 2.80. The molecule has 1 amide bonds. The summed E-state index contributed by atoms with van der Waals surface area (Å²) in [5.74, 6) is 0.672. The molecule has 1 saturated heterocycles. The van der Waals surface area contributed by atoms with Gasteiger partial charge >= 0.3 is 6.18 Å². The van der Waals surface area contributed by atoms with Crippen LogP contribution in [0.15, 0.2) is 42.9 Å². The van der Waals surface area contributed by atoms with E-state index in [0.29, 0.717) is 31.6 Å². The van der Waals surface area contributed by atoms with Crippen molar-refractivity contribution < 1.29 is 22.7 Å². The summed E-state index contributed by atoms with van der Waals surface area (Å²) in [6.07, 6.45) is 1.94. The first kappa shape index (κ1) is 18.9. The highest BCUT2D eigenvalue weighted by Crippen LogP contribution is 2.24. The molecule has 1 aliphatic heterocycles. The van der Waals surface area contributed by atoms with Crippen LogP contribution >= 0.6 is 0 Å². The van der Waals surface area contributed by atoms with E-state index in [1.807, 2.05) is 0 Å². The Morgan fingerprint density at radius 3 is 2.48 bits per heavy atom. The molecule has 3 rings (SSSR count). The normalized spacial score (nSPS) is 15.4. The molecule has 144 valence electrons. The Hall–Kier alpha value is -2.84. The number of nitrogens with one attached hydrogen (secondary N) is 1. The number of benzene rings is 1. The molecule has 1 aromatic heterocycles. The molecule has 2 aromatic rings. The van der Waals surface area contributed by atoms with Crippen molar-refractivity contribution in [3.8, 4) is 5.75 Å². The highest BCUT2D eigenvalue weighted by Gasteiger charge is 2.28. The second-order valence-electron chi connectivity index (χ2n) is 6.24.